The Hall–Kier alpha value is -2.04. The van der Waals surface area contributed by atoms with Gasteiger partial charge in [-0.2, -0.15) is 0 Å². The van der Waals surface area contributed by atoms with E-state index in [1.54, 1.807) is 31.4 Å². The molecule has 2 amide bonds. The maximum Gasteiger partial charge on any atom is 0.251 e. The van der Waals surface area contributed by atoms with Crippen LogP contribution in [0.3, 0.4) is 0 Å². The molecule has 0 aliphatic rings. The molecule has 5 heteroatoms. The van der Waals surface area contributed by atoms with Crippen LogP contribution in [0.15, 0.2) is 24.3 Å². The number of hydrogen-bond acceptors (Lipinski definition) is 3. The fourth-order valence-corrected chi connectivity index (χ4v) is 2.12. The summed E-state index contributed by atoms with van der Waals surface area (Å²) in [5.74, 6) is 0.533. The van der Waals surface area contributed by atoms with E-state index in [0.29, 0.717) is 30.8 Å². The van der Waals surface area contributed by atoms with Crippen molar-refractivity contribution in [2.45, 2.75) is 33.1 Å². The van der Waals surface area contributed by atoms with Gasteiger partial charge in [-0.15, -0.1) is 0 Å². The van der Waals surface area contributed by atoms with Gasteiger partial charge in [-0.1, -0.05) is 19.4 Å². The molecule has 5 nitrogen and oxygen atoms in total. The lowest BCUT2D eigenvalue weighted by atomic mass is 10.2. The van der Waals surface area contributed by atoms with Gasteiger partial charge < -0.3 is 15.0 Å². The molecular weight excluding hydrogens is 280 g/mol. The van der Waals surface area contributed by atoms with E-state index in [1.807, 2.05) is 11.8 Å². The largest absolute Gasteiger partial charge is 0.497 e. The first kappa shape index (κ1) is 18.0. The highest BCUT2D eigenvalue weighted by Crippen LogP contribution is 2.12. The summed E-state index contributed by atoms with van der Waals surface area (Å²) in [6.45, 7) is 5.92. The number of nitrogens with zero attached hydrogens (tertiary/aromatic N) is 1. The number of ether oxygens (including phenoxy) is 1. The Bertz CT molecular complexity index is 489. The summed E-state index contributed by atoms with van der Waals surface area (Å²) < 4.78 is 5.09. The molecule has 0 fully saturated rings. The zero-order chi connectivity index (χ0) is 16.4. The number of hydrogen-bond donors (Lipinski definition) is 1. The van der Waals surface area contributed by atoms with Crippen LogP contribution in [0.5, 0.6) is 5.75 Å². The third kappa shape index (κ3) is 5.76. The second-order valence-electron chi connectivity index (χ2n) is 5.06. The third-order valence-electron chi connectivity index (χ3n) is 3.47. The Morgan fingerprint density at radius 1 is 1.27 bits per heavy atom. The number of nitrogens with one attached hydrogen (secondary N) is 1. The number of unbranched alkanes of at least 4 members (excludes halogenated alkanes) is 1. The number of carbonyl (C=O) groups excluding carboxylic acids is 2. The van der Waals surface area contributed by atoms with Crippen molar-refractivity contribution in [3.05, 3.63) is 29.8 Å². The van der Waals surface area contributed by atoms with E-state index >= 15 is 0 Å². The van der Waals surface area contributed by atoms with Crippen LogP contribution in [-0.4, -0.2) is 43.5 Å². The first-order valence-corrected chi connectivity index (χ1v) is 7.82. The average molecular weight is 306 g/mol. The summed E-state index contributed by atoms with van der Waals surface area (Å²) in [5, 5.41) is 2.77. The number of methoxy groups -OCH3 is 1. The van der Waals surface area contributed by atoms with Crippen molar-refractivity contribution in [2.24, 2.45) is 0 Å². The Kier molecular flexibility index (Phi) is 8.04. The fourth-order valence-electron chi connectivity index (χ4n) is 2.12. The van der Waals surface area contributed by atoms with Gasteiger partial charge >= 0.3 is 0 Å². The van der Waals surface area contributed by atoms with Crippen LogP contribution in [0.4, 0.5) is 0 Å². The lowest BCUT2D eigenvalue weighted by Crippen LogP contribution is -2.35. The first-order valence-electron chi connectivity index (χ1n) is 7.82. The molecule has 122 valence electrons. The number of rotatable bonds is 9. The van der Waals surface area contributed by atoms with Crippen LogP contribution in [0, 0.1) is 0 Å². The maximum absolute atomic E-state index is 12.1. The summed E-state index contributed by atoms with van der Waals surface area (Å²) in [4.78, 5) is 25.9. The molecule has 1 N–H and O–H groups in total. The standard InChI is InChI=1S/C17H26N2O3/c1-4-6-12-19(5-2)16(20)10-11-18-17(21)14-8-7-9-15(13-14)22-3/h7-9,13H,4-6,10-12H2,1-3H3,(H,18,21). The van der Waals surface area contributed by atoms with Gasteiger partial charge in [0.25, 0.3) is 5.91 Å². The third-order valence-corrected chi connectivity index (χ3v) is 3.47. The van der Waals surface area contributed by atoms with Gasteiger partial charge in [0, 0.05) is 31.6 Å². The lowest BCUT2D eigenvalue weighted by molar-refractivity contribution is -0.130. The summed E-state index contributed by atoms with van der Waals surface area (Å²) in [6, 6.07) is 6.95. The SMILES string of the molecule is CCCCN(CC)C(=O)CCNC(=O)c1cccc(OC)c1. The molecule has 0 radical (unpaired) electrons. The smallest absolute Gasteiger partial charge is 0.251 e. The molecule has 0 atom stereocenters. The van der Waals surface area contributed by atoms with Gasteiger partial charge in [0.05, 0.1) is 7.11 Å². The molecule has 0 aromatic heterocycles. The van der Waals surface area contributed by atoms with Crippen molar-refractivity contribution in [3.8, 4) is 5.75 Å². The minimum Gasteiger partial charge on any atom is -0.497 e. The second-order valence-corrected chi connectivity index (χ2v) is 5.06. The van der Waals surface area contributed by atoms with Gasteiger partial charge in [0.2, 0.25) is 5.91 Å². The predicted octanol–water partition coefficient (Wildman–Crippen LogP) is 2.46. The fraction of sp³-hybridized carbons (Fsp3) is 0.529. The van der Waals surface area contributed by atoms with Crippen LogP contribution < -0.4 is 10.1 Å². The topological polar surface area (TPSA) is 58.6 Å². The van der Waals surface area contributed by atoms with E-state index in [4.69, 9.17) is 4.74 Å². The molecule has 0 bridgehead atoms. The van der Waals surface area contributed by atoms with Crippen LogP contribution in [0.2, 0.25) is 0 Å². The Balaban J connectivity index is 2.42. The quantitative estimate of drug-likeness (QED) is 0.762. The molecule has 0 aliphatic carbocycles. The van der Waals surface area contributed by atoms with Crippen molar-refractivity contribution in [1.82, 2.24) is 10.2 Å². The molecule has 1 aromatic carbocycles. The predicted molar refractivity (Wildman–Crippen MR) is 87.1 cm³/mol. The summed E-state index contributed by atoms with van der Waals surface area (Å²) in [6.07, 6.45) is 2.40. The van der Waals surface area contributed by atoms with Crippen molar-refractivity contribution >= 4 is 11.8 Å². The molecule has 0 saturated carbocycles. The molecule has 1 rings (SSSR count). The van der Waals surface area contributed by atoms with E-state index in [9.17, 15) is 9.59 Å². The molecule has 0 heterocycles. The zero-order valence-corrected chi connectivity index (χ0v) is 13.7. The first-order chi connectivity index (χ1) is 10.6. The van der Waals surface area contributed by atoms with Gasteiger partial charge in [0.1, 0.15) is 5.75 Å². The van der Waals surface area contributed by atoms with Crippen molar-refractivity contribution in [2.75, 3.05) is 26.7 Å². The summed E-state index contributed by atoms with van der Waals surface area (Å²) in [5.41, 5.74) is 0.533. The lowest BCUT2D eigenvalue weighted by Gasteiger charge is -2.20. The minimum atomic E-state index is -0.191. The Morgan fingerprint density at radius 3 is 2.68 bits per heavy atom. The summed E-state index contributed by atoms with van der Waals surface area (Å²) >= 11 is 0. The highest BCUT2D eigenvalue weighted by molar-refractivity contribution is 5.94. The van der Waals surface area contributed by atoms with Gasteiger partial charge in [-0.3, -0.25) is 9.59 Å². The van der Waals surface area contributed by atoms with E-state index in [0.717, 1.165) is 19.4 Å². The maximum atomic E-state index is 12.1. The Morgan fingerprint density at radius 2 is 2.05 bits per heavy atom. The van der Waals surface area contributed by atoms with Gasteiger partial charge in [-0.25, -0.2) is 0 Å². The number of benzene rings is 1. The normalized spacial score (nSPS) is 10.1. The molecule has 1 aromatic rings. The van der Waals surface area contributed by atoms with Crippen LogP contribution >= 0.6 is 0 Å². The monoisotopic (exact) mass is 306 g/mol. The van der Waals surface area contributed by atoms with Gasteiger partial charge in [0.15, 0.2) is 0 Å². The molecule has 22 heavy (non-hydrogen) atoms. The van der Waals surface area contributed by atoms with E-state index in [1.165, 1.54) is 0 Å². The molecule has 0 unspecified atom stereocenters. The van der Waals surface area contributed by atoms with E-state index in [2.05, 4.69) is 12.2 Å². The molecular formula is C17H26N2O3. The number of carbonyl (C=O) groups is 2. The average Bonchev–Trinajstić information content (AvgIpc) is 2.55. The van der Waals surface area contributed by atoms with Crippen LogP contribution in [0.1, 0.15) is 43.5 Å². The van der Waals surface area contributed by atoms with Crippen molar-refractivity contribution in [1.29, 1.82) is 0 Å². The highest BCUT2D eigenvalue weighted by atomic mass is 16.5. The van der Waals surface area contributed by atoms with Crippen LogP contribution in [-0.2, 0) is 4.79 Å². The minimum absolute atomic E-state index is 0.0851. The van der Waals surface area contributed by atoms with E-state index in [-0.39, 0.29) is 11.8 Å². The molecule has 0 spiro atoms. The Labute approximate surface area is 132 Å². The van der Waals surface area contributed by atoms with Crippen molar-refractivity contribution in [3.63, 3.8) is 0 Å². The van der Waals surface area contributed by atoms with E-state index < -0.39 is 0 Å². The van der Waals surface area contributed by atoms with Crippen LogP contribution in [0.25, 0.3) is 0 Å². The number of amides is 2. The second kappa shape index (κ2) is 9.82. The van der Waals surface area contributed by atoms with Crippen molar-refractivity contribution < 1.29 is 14.3 Å². The molecule has 0 saturated heterocycles. The summed E-state index contributed by atoms with van der Waals surface area (Å²) in [7, 11) is 1.56. The molecule has 0 aliphatic heterocycles. The zero-order valence-electron chi connectivity index (χ0n) is 13.7. The van der Waals surface area contributed by atoms with Gasteiger partial charge in [-0.05, 0) is 31.5 Å². The highest BCUT2D eigenvalue weighted by Gasteiger charge is 2.12.